The normalized spacial score (nSPS) is 11.0. The molecule has 0 aliphatic carbocycles. The Labute approximate surface area is 164 Å². The summed E-state index contributed by atoms with van der Waals surface area (Å²) in [7, 11) is 0. The highest BCUT2D eigenvalue weighted by atomic mass is 15.1. The monoisotopic (exact) mass is 369 g/mol. The van der Waals surface area contributed by atoms with Gasteiger partial charge in [-0.05, 0) is 42.7 Å². The van der Waals surface area contributed by atoms with Gasteiger partial charge in [-0.2, -0.15) is 0 Å². The van der Waals surface area contributed by atoms with Gasteiger partial charge < -0.3 is 10.6 Å². The predicted octanol–water partition coefficient (Wildman–Crippen LogP) is 5.94. The fourth-order valence-electron chi connectivity index (χ4n) is 3.14. The molecule has 0 aliphatic heterocycles. The third kappa shape index (κ3) is 3.93. The van der Waals surface area contributed by atoms with Crippen molar-refractivity contribution < 1.29 is 0 Å². The number of rotatable bonds is 5. The Balaban J connectivity index is 1.60. The predicted molar refractivity (Wildman–Crippen MR) is 116 cm³/mol. The second kappa shape index (κ2) is 7.64. The topological polar surface area (TPSA) is 62.7 Å². The number of anilines is 4. The summed E-state index contributed by atoms with van der Waals surface area (Å²) in [6.45, 7) is 6.27. The zero-order chi connectivity index (χ0) is 19.5. The highest BCUT2D eigenvalue weighted by Crippen LogP contribution is 2.26. The lowest BCUT2D eigenvalue weighted by Gasteiger charge is -2.12. The highest BCUT2D eigenvalue weighted by Gasteiger charge is 2.07. The van der Waals surface area contributed by atoms with Gasteiger partial charge in [-0.1, -0.05) is 44.2 Å². The van der Waals surface area contributed by atoms with Crippen molar-refractivity contribution in [2.45, 2.75) is 26.7 Å². The number of para-hydroxylation sites is 1. The molecule has 0 amide bonds. The molecule has 2 heterocycles. The number of pyridine rings is 1. The van der Waals surface area contributed by atoms with Crippen LogP contribution in [0.25, 0.3) is 10.9 Å². The van der Waals surface area contributed by atoms with Crippen molar-refractivity contribution in [3.8, 4) is 0 Å². The lowest BCUT2D eigenvalue weighted by Crippen LogP contribution is -2.02. The van der Waals surface area contributed by atoms with E-state index in [1.807, 2.05) is 43.3 Å². The van der Waals surface area contributed by atoms with Crippen LogP contribution in [0.5, 0.6) is 0 Å². The highest BCUT2D eigenvalue weighted by molar-refractivity contribution is 5.91. The summed E-state index contributed by atoms with van der Waals surface area (Å²) >= 11 is 0. The van der Waals surface area contributed by atoms with Crippen LogP contribution in [0.2, 0.25) is 0 Å². The zero-order valence-electron chi connectivity index (χ0n) is 16.3. The Morgan fingerprint density at radius 3 is 2.29 bits per heavy atom. The maximum absolute atomic E-state index is 4.52. The summed E-state index contributed by atoms with van der Waals surface area (Å²) in [6, 6.07) is 20.4. The van der Waals surface area contributed by atoms with Crippen molar-refractivity contribution in [1.82, 2.24) is 15.0 Å². The fraction of sp³-hybridized carbons (Fsp3) is 0.174. The van der Waals surface area contributed by atoms with Gasteiger partial charge in [0.05, 0.1) is 11.2 Å². The number of aromatic nitrogens is 3. The van der Waals surface area contributed by atoms with E-state index in [2.05, 4.69) is 63.7 Å². The largest absolute Gasteiger partial charge is 0.340 e. The van der Waals surface area contributed by atoms with Crippen LogP contribution in [0, 0.1) is 6.92 Å². The molecular formula is C23H23N5. The van der Waals surface area contributed by atoms with Crippen LogP contribution in [0.1, 0.15) is 31.2 Å². The van der Waals surface area contributed by atoms with Crippen LogP contribution < -0.4 is 10.6 Å². The van der Waals surface area contributed by atoms with Gasteiger partial charge in [-0.15, -0.1) is 0 Å². The summed E-state index contributed by atoms with van der Waals surface area (Å²) in [5.41, 5.74) is 4.15. The second-order valence-electron chi connectivity index (χ2n) is 7.09. The molecule has 0 radical (unpaired) electrons. The van der Waals surface area contributed by atoms with E-state index in [4.69, 9.17) is 0 Å². The van der Waals surface area contributed by atoms with E-state index < -0.39 is 0 Å². The lowest BCUT2D eigenvalue weighted by molar-refractivity contribution is 0.867. The van der Waals surface area contributed by atoms with E-state index in [0.29, 0.717) is 11.7 Å². The summed E-state index contributed by atoms with van der Waals surface area (Å²) < 4.78 is 0. The van der Waals surface area contributed by atoms with Crippen molar-refractivity contribution in [3.63, 3.8) is 0 Å². The summed E-state index contributed by atoms with van der Waals surface area (Å²) in [6.07, 6.45) is 1.80. The number of nitrogens with zero attached hydrogens (tertiary/aromatic N) is 3. The van der Waals surface area contributed by atoms with Crippen molar-refractivity contribution in [2.75, 3.05) is 10.6 Å². The molecule has 2 aromatic carbocycles. The fourth-order valence-corrected chi connectivity index (χ4v) is 3.14. The molecule has 5 nitrogen and oxygen atoms in total. The molecule has 0 saturated carbocycles. The van der Waals surface area contributed by atoms with E-state index in [9.17, 15) is 0 Å². The van der Waals surface area contributed by atoms with E-state index in [0.717, 1.165) is 33.9 Å². The molecule has 4 aromatic rings. The maximum Gasteiger partial charge on any atom is 0.136 e. The van der Waals surface area contributed by atoms with E-state index in [1.54, 1.807) is 6.20 Å². The SMILES string of the molecule is Cc1nc(Nc2ccc(C(C)C)cc2)cc(Nc2cccc3cccnc23)n1. The molecule has 0 atom stereocenters. The molecule has 140 valence electrons. The Morgan fingerprint density at radius 2 is 1.54 bits per heavy atom. The number of hydrogen-bond acceptors (Lipinski definition) is 5. The third-order valence-electron chi connectivity index (χ3n) is 4.58. The van der Waals surface area contributed by atoms with Gasteiger partial charge in [0.15, 0.2) is 0 Å². The van der Waals surface area contributed by atoms with Gasteiger partial charge in [0, 0.05) is 23.3 Å². The van der Waals surface area contributed by atoms with Crippen molar-refractivity contribution in [2.24, 2.45) is 0 Å². The van der Waals surface area contributed by atoms with Crippen molar-refractivity contribution in [1.29, 1.82) is 0 Å². The molecule has 28 heavy (non-hydrogen) atoms. The summed E-state index contributed by atoms with van der Waals surface area (Å²) in [5, 5.41) is 7.84. The first-order valence-electron chi connectivity index (χ1n) is 9.42. The number of aryl methyl sites for hydroxylation is 1. The Kier molecular flexibility index (Phi) is 4.89. The minimum atomic E-state index is 0.514. The molecule has 0 fully saturated rings. The number of benzene rings is 2. The molecule has 0 aliphatic rings. The minimum absolute atomic E-state index is 0.514. The summed E-state index contributed by atoms with van der Waals surface area (Å²) in [5.74, 6) is 2.69. The lowest BCUT2D eigenvalue weighted by atomic mass is 10.0. The first-order chi connectivity index (χ1) is 13.6. The molecule has 0 saturated heterocycles. The molecule has 0 bridgehead atoms. The van der Waals surface area contributed by atoms with E-state index in [1.165, 1.54) is 5.56 Å². The van der Waals surface area contributed by atoms with Gasteiger partial charge >= 0.3 is 0 Å². The Bertz CT molecular complexity index is 1100. The van der Waals surface area contributed by atoms with E-state index in [-0.39, 0.29) is 0 Å². The number of fused-ring (bicyclic) bond motifs is 1. The number of nitrogens with one attached hydrogen (secondary N) is 2. The first-order valence-corrected chi connectivity index (χ1v) is 9.42. The van der Waals surface area contributed by atoms with Crippen LogP contribution in [-0.2, 0) is 0 Å². The maximum atomic E-state index is 4.52. The van der Waals surface area contributed by atoms with Crippen molar-refractivity contribution >= 4 is 33.9 Å². The van der Waals surface area contributed by atoms with Crippen molar-refractivity contribution in [3.05, 3.63) is 78.2 Å². The second-order valence-corrected chi connectivity index (χ2v) is 7.09. The van der Waals surface area contributed by atoms with Gasteiger partial charge in [0.2, 0.25) is 0 Å². The van der Waals surface area contributed by atoms with Gasteiger partial charge in [0.25, 0.3) is 0 Å². The molecule has 0 spiro atoms. The standard InChI is InChI=1S/C23H23N5/c1-15(2)17-9-11-19(12-10-17)27-21-14-22(26-16(3)25-21)28-20-8-4-6-18-7-5-13-24-23(18)20/h4-15H,1-3H3,(H2,25,26,27,28). The molecule has 4 rings (SSSR count). The van der Waals surface area contributed by atoms with Crippen LogP contribution in [0.3, 0.4) is 0 Å². The zero-order valence-corrected chi connectivity index (χ0v) is 16.3. The molecule has 0 unspecified atom stereocenters. The van der Waals surface area contributed by atoms with Crippen LogP contribution >= 0.6 is 0 Å². The van der Waals surface area contributed by atoms with E-state index >= 15 is 0 Å². The molecule has 5 heteroatoms. The smallest absolute Gasteiger partial charge is 0.136 e. The van der Waals surface area contributed by atoms with Gasteiger partial charge in [0.1, 0.15) is 17.5 Å². The average Bonchev–Trinajstić information content (AvgIpc) is 2.68. The molecule has 2 N–H and O–H groups in total. The van der Waals surface area contributed by atoms with Crippen LogP contribution in [0.15, 0.2) is 66.9 Å². The summed E-state index contributed by atoms with van der Waals surface area (Å²) in [4.78, 5) is 13.5. The van der Waals surface area contributed by atoms with Crippen LogP contribution in [-0.4, -0.2) is 15.0 Å². The first kappa shape index (κ1) is 17.9. The average molecular weight is 369 g/mol. The quantitative estimate of drug-likeness (QED) is 0.455. The van der Waals surface area contributed by atoms with Crippen LogP contribution in [0.4, 0.5) is 23.0 Å². The number of hydrogen-bond donors (Lipinski definition) is 2. The van der Waals surface area contributed by atoms with Gasteiger partial charge in [-0.25, -0.2) is 9.97 Å². The Hall–Kier alpha value is -3.47. The Morgan fingerprint density at radius 1 is 0.821 bits per heavy atom. The van der Waals surface area contributed by atoms with Gasteiger partial charge in [-0.3, -0.25) is 4.98 Å². The molecule has 2 aromatic heterocycles. The minimum Gasteiger partial charge on any atom is -0.340 e. The third-order valence-corrected chi connectivity index (χ3v) is 4.58. The molecular weight excluding hydrogens is 346 g/mol.